The maximum absolute atomic E-state index is 11.4. The molecule has 2 N–H and O–H groups in total. The highest BCUT2D eigenvalue weighted by atomic mass is 32.2. The van der Waals surface area contributed by atoms with Gasteiger partial charge in [-0.2, -0.15) is 0 Å². The highest BCUT2D eigenvalue weighted by Crippen LogP contribution is 2.24. The SMILES string of the molecule is CC(N)C(C)(C)CN(C)C1CCS(=O)(=O)C1. The third kappa shape index (κ3) is 3.43. The normalized spacial score (nSPS) is 27.2. The summed E-state index contributed by atoms with van der Waals surface area (Å²) >= 11 is 0. The van der Waals surface area contributed by atoms with Crippen LogP contribution in [0.1, 0.15) is 27.2 Å². The Labute approximate surface area is 99.1 Å². The van der Waals surface area contributed by atoms with Crippen molar-refractivity contribution in [2.75, 3.05) is 25.1 Å². The topological polar surface area (TPSA) is 63.4 Å². The van der Waals surface area contributed by atoms with Crippen molar-refractivity contribution in [2.24, 2.45) is 11.1 Å². The molecule has 0 amide bonds. The van der Waals surface area contributed by atoms with E-state index < -0.39 is 9.84 Å². The predicted molar refractivity (Wildman–Crippen MR) is 67.1 cm³/mol. The Morgan fingerprint density at radius 2 is 2.06 bits per heavy atom. The van der Waals surface area contributed by atoms with Gasteiger partial charge < -0.3 is 10.6 Å². The van der Waals surface area contributed by atoms with E-state index in [4.69, 9.17) is 5.73 Å². The largest absolute Gasteiger partial charge is 0.327 e. The zero-order chi connectivity index (χ0) is 12.6. The standard InChI is InChI=1S/C11H24N2O2S/c1-9(12)11(2,3)8-13(4)10-5-6-16(14,15)7-10/h9-10H,5-8,12H2,1-4H3. The Morgan fingerprint density at radius 1 is 1.50 bits per heavy atom. The second kappa shape index (κ2) is 4.63. The molecule has 96 valence electrons. The molecule has 2 unspecified atom stereocenters. The van der Waals surface area contributed by atoms with Gasteiger partial charge in [-0.25, -0.2) is 8.42 Å². The van der Waals surface area contributed by atoms with Gasteiger partial charge in [0.05, 0.1) is 11.5 Å². The summed E-state index contributed by atoms with van der Waals surface area (Å²) < 4.78 is 22.8. The Hall–Kier alpha value is -0.130. The number of nitrogens with zero attached hydrogens (tertiary/aromatic N) is 1. The third-order valence-corrected chi connectivity index (χ3v) is 5.47. The fourth-order valence-electron chi connectivity index (χ4n) is 2.04. The minimum absolute atomic E-state index is 0.0150. The van der Waals surface area contributed by atoms with Crippen molar-refractivity contribution in [3.63, 3.8) is 0 Å². The fraction of sp³-hybridized carbons (Fsp3) is 1.00. The molecule has 0 aromatic heterocycles. The van der Waals surface area contributed by atoms with E-state index >= 15 is 0 Å². The molecule has 0 aliphatic carbocycles. The molecule has 0 aromatic rings. The van der Waals surface area contributed by atoms with Gasteiger partial charge in [-0.3, -0.25) is 0 Å². The van der Waals surface area contributed by atoms with Gasteiger partial charge in [-0.15, -0.1) is 0 Å². The molecule has 2 atom stereocenters. The fourth-order valence-corrected chi connectivity index (χ4v) is 3.84. The molecule has 0 spiro atoms. The van der Waals surface area contributed by atoms with Gasteiger partial charge in [0.15, 0.2) is 9.84 Å². The second-order valence-corrected chi connectivity index (χ2v) is 7.98. The van der Waals surface area contributed by atoms with E-state index in [1.165, 1.54) is 0 Å². The molecule has 0 saturated carbocycles. The average Bonchev–Trinajstić information content (AvgIpc) is 2.45. The summed E-state index contributed by atoms with van der Waals surface area (Å²) in [6, 6.07) is 0.274. The lowest BCUT2D eigenvalue weighted by Crippen LogP contribution is -2.46. The molecule has 16 heavy (non-hydrogen) atoms. The summed E-state index contributed by atoms with van der Waals surface area (Å²) in [6.45, 7) is 7.08. The monoisotopic (exact) mass is 248 g/mol. The van der Waals surface area contributed by atoms with Crippen molar-refractivity contribution in [2.45, 2.75) is 39.3 Å². The molecule has 0 aromatic carbocycles. The van der Waals surface area contributed by atoms with Gasteiger partial charge in [0.1, 0.15) is 0 Å². The zero-order valence-electron chi connectivity index (χ0n) is 10.7. The van der Waals surface area contributed by atoms with Crippen LogP contribution >= 0.6 is 0 Å². The van der Waals surface area contributed by atoms with Crippen LogP contribution in [0.3, 0.4) is 0 Å². The number of hydrogen-bond donors (Lipinski definition) is 1. The third-order valence-electron chi connectivity index (χ3n) is 3.72. The van der Waals surface area contributed by atoms with Crippen molar-refractivity contribution in [3.8, 4) is 0 Å². The smallest absolute Gasteiger partial charge is 0.151 e. The zero-order valence-corrected chi connectivity index (χ0v) is 11.5. The summed E-state index contributed by atoms with van der Waals surface area (Å²) in [5.41, 5.74) is 5.94. The maximum atomic E-state index is 11.4. The first-order valence-corrected chi connectivity index (χ1v) is 7.62. The van der Waals surface area contributed by atoms with Crippen LogP contribution in [0.4, 0.5) is 0 Å². The second-order valence-electron chi connectivity index (χ2n) is 5.75. The molecule has 5 heteroatoms. The van der Waals surface area contributed by atoms with Crippen molar-refractivity contribution < 1.29 is 8.42 Å². The minimum Gasteiger partial charge on any atom is -0.327 e. The van der Waals surface area contributed by atoms with Crippen molar-refractivity contribution in [1.29, 1.82) is 0 Å². The van der Waals surface area contributed by atoms with E-state index in [2.05, 4.69) is 18.7 Å². The van der Waals surface area contributed by atoms with Crippen LogP contribution in [-0.4, -0.2) is 50.5 Å². The summed E-state index contributed by atoms with van der Waals surface area (Å²) in [4.78, 5) is 2.15. The Balaban J connectivity index is 2.57. The lowest BCUT2D eigenvalue weighted by atomic mass is 9.85. The molecular formula is C11H24N2O2S. The summed E-state index contributed by atoms with van der Waals surface area (Å²) in [5.74, 6) is 0.638. The van der Waals surface area contributed by atoms with E-state index in [-0.39, 0.29) is 17.5 Å². The van der Waals surface area contributed by atoms with Gasteiger partial charge in [0, 0.05) is 18.6 Å². The van der Waals surface area contributed by atoms with Crippen molar-refractivity contribution >= 4 is 9.84 Å². The Bertz CT molecular complexity index is 336. The highest BCUT2D eigenvalue weighted by molar-refractivity contribution is 7.91. The van der Waals surface area contributed by atoms with E-state index in [1.54, 1.807) is 0 Å². The molecule has 1 saturated heterocycles. The minimum atomic E-state index is -2.79. The predicted octanol–water partition coefficient (Wildman–Crippen LogP) is 0.479. The number of nitrogens with two attached hydrogens (primary N) is 1. The lowest BCUT2D eigenvalue weighted by Gasteiger charge is -2.36. The van der Waals surface area contributed by atoms with Crippen LogP contribution in [0.5, 0.6) is 0 Å². The molecule has 0 bridgehead atoms. The van der Waals surface area contributed by atoms with Gasteiger partial charge >= 0.3 is 0 Å². The first-order chi connectivity index (χ1) is 7.14. The van der Waals surface area contributed by atoms with Crippen molar-refractivity contribution in [1.82, 2.24) is 4.90 Å². The Morgan fingerprint density at radius 3 is 2.44 bits per heavy atom. The summed E-state index contributed by atoms with van der Waals surface area (Å²) in [5, 5.41) is 0. The average molecular weight is 248 g/mol. The quantitative estimate of drug-likeness (QED) is 0.786. The molecule has 1 aliphatic heterocycles. The van der Waals surface area contributed by atoms with E-state index in [1.807, 2.05) is 14.0 Å². The summed E-state index contributed by atoms with van der Waals surface area (Å²) in [6.07, 6.45) is 0.758. The molecule has 1 rings (SSSR count). The van der Waals surface area contributed by atoms with Crippen LogP contribution in [0.2, 0.25) is 0 Å². The van der Waals surface area contributed by atoms with E-state index in [0.29, 0.717) is 11.5 Å². The molecule has 1 aliphatic rings. The maximum Gasteiger partial charge on any atom is 0.151 e. The van der Waals surface area contributed by atoms with Gasteiger partial charge in [-0.05, 0) is 25.8 Å². The van der Waals surface area contributed by atoms with Crippen LogP contribution in [0.15, 0.2) is 0 Å². The molecule has 0 radical (unpaired) electrons. The van der Waals surface area contributed by atoms with Gasteiger partial charge in [0.25, 0.3) is 0 Å². The number of sulfone groups is 1. The van der Waals surface area contributed by atoms with E-state index in [9.17, 15) is 8.42 Å². The van der Waals surface area contributed by atoms with Crippen LogP contribution in [-0.2, 0) is 9.84 Å². The Kier molecular flexibility index (Phi) is 4.03. The highest BCUT2D eigenvalue weighted by Gasteiger charge is 2.33. The summed E-state index contributed by atoms with van der Waals surface area (Å²) in [7, 11) is -0.794. The molecule has 1 fully saturated rings. The van der Waals surface area contributed by atoms with Crippen LogP contribution in [0.25, 0.3) is 0 Å². The molecular weight excluding hydrogens is 224 g/mol. The van der Waals surface area contributed by atoms with Crippen molar-refractivity contribution in [3.05, 3.63) is 0 Å². The van der Waals surface area contributed by atoms with E-state index in [0.717, 1.165) is 13.0 Å². The van der Waals surface area contributed by atoms with Gasteiger partial charge in [0.2, 0.25) is 0 Å². The first kappa shape index (κ1) is 13.9. The number of hydrogen-bond acceptors (Lipinski definition) is 4. The van der Waals surface area contributed by atoms with Gasteiger partial charge in [-0.1, -0.05) is 13.8 Å². The lowest BCUT2D eigenvalue weighted by molar-refractivity contribution is 0.152. The van der Waals surface area contributed by atoms with Crippen LogP contribution < -0.4 is 5.73 Å². The van der Waals surface area contributed by atoms with Crippen LogP contribution in [0, 0.1) is 5.41 Å². The molecule has 4 nitrogen and oxygen atoms in total. The first-order valence-electron chi connectivity index (χ1n) is 5.80. The molecule has 1 heterocycles. The number of rotatable bonds is 4.